The van der Waals surface area contributed by atoms with E-state index in [2.05, 4.69) is 31.2 Å². The summed E-state index contributed by atoms with van der Waals surface area (Å²) in [5, 5.41) is 2.74. The molecular weight excluding hydrogens is 294 g/mol. The Bertz CT molecular complexity index is 469. The molecule has 0 saturated carbocycles. The van der Waals surface area contributed by atoms with E-state index in [1.807, 2.05) is 19.9 Å². The summed E-state index contributed by atoms with van der Waals surface area (Å²) >= 11 is 3.23. The van der Waals surface area contributed by atoms with Gasteiger partial charge < -0.3 is 5.32 Å². The Labute approximate surface area is 115 Å². The third-order valence-electron chi connectivity index (χ3n) is 2.03. The highest BCUT2D eigenvalue weighted by atomic mass is 79.9. The quantitative estimate of drug-likeness (QED) is 0.528. The number of nitrogens with one attached hydrogen (secondary N) is 1. The molecule has 1 N–H and O–H groups in total. The molecule has 5 heteroatoms. The van der Waals surface area contributed by atoms with Crippen molar-refractivity contribution in [1.82, 2.24) is 10.3 Å². The predicted molar refractivity (Wildman–Crippen MR) is 76.8 cm³/mol. The minimum atomic E-state index is -0.260. The van der Waals surface area contributed by atoms with Gasteiger partial charge in [0.1, 0.15) is 16.1 Å². The number of hydrogen-bond donors (Lipinski definition) is 1. The van der Waals surface area contributed by atoms with Gasteiger partial charge in [0.15, 0.2) is 0 Å². The summed E-state index contributed by atoms with van der Waals surface area (Å²) in [6.07, 6.45) is 4.65. The number of nitrogens with zero attached hydrogens (tertiary/aromatic N) is 2. The topological polar surface area (TPSA) is 54.4 Å². The first-order chi connectivity index (χ1) is 8.67. The lowest BCUT2D eigenvalue weighted by Crippen LogP contribution is -2.30. The Balaban J connectivity index is 2.79. The highest BCUT2D eigenvalue weighted by Crippen LogP contribution is 2.06. The number of amidine groups is 1. The van der Waals surface area contributed by atoms with Crippen LogP contribution in [-0.4, -0.2) is 23.3 Å². The lowest BCUT2D eigenvalue weighted by atomic mass is 10.3. The van der Waals surface area contributed by atoms with Crippen LogP contribution in [0.3, 0.4) is 0 Å². The van der Waals surface area contributed by atoms with E-state index >= 15 is 0 Å². The van der Waals surface area contributed by atoms with Gasteiger partial charge in [-0.1, -0.05) is 19.1 Å². The summed E-state index contributed by atoms with van der Waals surface area (Å²) in [4.78, 5) is 20.2. The monoisotopic (exact) mass is 309 g/mol. The molecule has 0 bridgehead atoms. The Kier molecular flexibility index (Phi) is 6.28. The zero-order chi connectivity index (χ0) is 13.4. The fourth-order valence-corrected chi connectivity index (χ4v) is 1.59. The van der Waals surface area contributed by atoms with Crippen LogP contribution in [0.2, 0.25) is 0 Å². The normalized spacial score (nSPS) is 11.8. The van der Waals surface area contributed by atoms with Crippen LogP contribution in [0.1, 0.15) is 30.8 Å². The van der Waals surface area contributed by atoms with Gasteiger partial charge in [-0.2, -0.15) is 0 Å². The molecule has 4 nitrogen and oxygen atoms in total. The van der Waals surface area contributed by atoms with Crippen LogP contribution in [0.15, 0.2) is 39.9 Å². The number of aromatic nitrogens is 1. The maximum absolute atomic E-state index is 11.9. The van der Waals surface area contributed by atoms with E-state index in [4.69, 9.17) is 0 Å². The van der Waals surface area contributed by atoms with Crippen molar-refractivity contribution >= 4 is 27.7 Å². The second-order valence-electron chi connectivity index (χ2n) is 3.47. The average molecular weight is 310 g/mol. The van der Waals surface area contributed by atoms with Gasteiger partial charge in [0.25, 0.3) is 5.91 Å². The average Bonchev–Trinajstić information content (AvgIpc) is 2.36. The number of carbonyl (C=O) groups excluding carboxylic acids is 1. The van der Waals surface area contributed by atoms with Crippen molar-refractivity contribution < 1.29 is 4.79 Å². The molecule has 0 aromatic carbocycles. The third kappa shape index (κ3) is 4.79. The lowest BCUT2D eigenvalue weighted by Gasteiger charge is -2.04. The van der Waals surface area contributed by atoms with E-state index in [9.17, 15) is 4.79 Å². The minimum absolute atomic E-state index is 0.260. The summed E-state index contributed by atoms with van der Waals surface area (Å²) < 4.78 is 0.633. The summed E-state index contributed by atoms with van der Waals surface area (Å²) in [5.74, 6) is 0.301. The standard InChI is InChI=1S/C13H16BrN3O/c1-3-5-9-12(15-4-2)17-13(18)10-7-6-8-11(14)16-10/h5-9H,3-4H2,1-2H3,(H,15,17,18)/b9-5-. The SMILES string of the molecule is CC/C=C\C(=NCC)NC(=O)c1cccc(Br)n1. The molecule has 96 valence electrons. The van der Waals surface area contributed by atoms with Gasteiger partial charge in [-0.25, -0.2) is 4.98 Å². The molecule has 0 unspecified atom stereocenters. The van der Waals surface area contributed by atoms with Crippen molar-refractivity contribution in [2.45, 2.75) is 20.3 Å². The number of pyridine rings is 1. The summed E-state index contributed by atoms with van der Waals surface area (Å²) in [7, 11) is 0. The minimum Gasteiger partial charge on any atom is -0.306 e. The second kappa shape index (κ2) is 7.76. The number of rotatable bonds is 4. The maximum Gasteiger partial charge on any atom is 0.275 e. The summed E-state index contributed by atoms with van der Waals surface area (Å²) in [6.45, 7) is 4.57. The molecule has 0 fully saturated rings. The van der Waals surface area contributed by atoms with Crippen LogP contribution < -0.4 is 5.32 Å². The Morgan fingerprint density at radius 3 is 2.89 bits per heavy atom. The van der Waals surface area contributed by atoms with E-state index in [-0.39, 0.29) is 5.91 Å². The van der Waals surface area contributed by atoms with Crippen molar-refractivity contribution in [1.29, 1.82) is 0 Å². The maximum atomic E-state index is 11.9. The number of carbonyl (C=O) groups is 1. The van der Waals surface area contributed by atoms with E-state index in [1.54, 1.807) is 24.3 Å². The lowest BCUT2D eigenvalue weighted by molar-refractivity contribution is 0.0972. The number of halogens is 1. The fraction of sp³-hybridized carbons (Fsp3) is 0.308. The predicted octanol–water partition coefficient (Wildman–Crippen LogP) is 2.96. The van der Waals surface area contributed by atoms with Gasteiger partial charge in [-0.15, -0.1) is 0 Å². The molecule has 0 aliphatic heterocycles. The first-order valence-electron chi connectivity index (χ1n) is 5.82. The van der Waals surface area contributed by atoms with Gasteiger partial charge in [0.2, 0.25) is 0 Å². The van der Waals surface area contributed by atoms with Gasteiger partial charge in [0, 0.05) is 6.54 Å². The molecular formula is C13H16BrN3O. The van der Waals surface area contributed by atoms with Crippen molar-refractivity contribution in [2.75, 3.05) is 6.54 Å². The van der Waals surface area contributed by atoms with Gasteiger partial charge >= 0.3 is 0 Å². The van der Waals surface area contributed by atoms with Crippen molar-refractivity contribution in [3.63, 3.8) is 0 Å². The molecule has 0 spiro atoms. The van der Waals surface area contributed by atoms with Crippen LogP contribution in [0.25, 0.3) is 0 Å². The number of hydrogen-bond acceptors (Lipinski definition) is 3. The van der Waals surface area contributed by atoms with Crippen LogP contribution in [0.4, 0.5) is 0 Å². The van der Waals surface area contributed by atoms with Crippen LogP contribution in [-0.2, 0) is 0 Å². The molecule has 1 aromatic rings. The molecule has 18 heavy (non-hydrogen) atoms. The molecule has 1 rings (SSSR count). The molecule has 0 aliphatic carbocycles. The highest BCUT2D eigenvalue weighted by molar-refractivity contribution is 9.10. The molecule has 1 aromatic heterocycles. The summed E-state index contributed by atoms with van der Waals surface area (Å²) in [6, 6.07) is 5.20. The molecule has 0 atom stereocenters. The molecule has 1 heterocycles. The van der Waals surface area contributed by atoms with Crippen molar-refractivity contribution in [2.24, 2.45) is 4.99 Å². The van der Waals surface area contributed by atoms with Crippen molar-refractivity contribution in [3.8, 4) is 0 Å². The molecule has 0 aliphatic rings. The van der Waals surface area contributed by atoms with Gasteiger partial charge in [-0.3, -0.25) is 9.79 Å². The van der Waals surface area contributed by atoms with E-state index in [0.717, 1.165) is 6.42 Å². The summed E-state index contributed by atoms with van der Waals surface area (Å²) in [5.41, 5.74) is 0.359. The first-order valence-corrected chi connectivity index (χ1v) is 6.61. The number of amides is 1. The van der Waals surface area contributed by atoms with E-state index < -0.39 is 0 Å². The van der Waals surface area contributed by atoms with E-state index in [1.165, 1.54) is 0 Å². The molecule has 1 amide bonds. The Hall–Kier alpha value is -1.49. The van der Waals surface area contributed by atoms with Crippen LogP contribution in [0, 0.1) is 0 Å². The zero-order valence-electron chi connectivity index (χ0n) is 10.5. The number of allylic oxidation sites excluding steroid dienone is 1. The first kappa shape index (κ1) is 14.6. The zero-order valence-corrected chi connectivity index (χ0v) is 12.1. The van der Waals surface area contributed by atoms with Crippen LogP contribution in [0.5, 0.6) is 0 Å². The third-order valence-corrected chi connectivity index (χ3v) is 2.47. The highest BCUT2D eigenvalue weighted by Gasteiger charge is 2.08. The number of aliphatic imine (C=N–C) groups is 1. The van der Waals surface area contributed by atoms with E-state index in [0.29, 0.717) is 22.7 Å². The Morgan fingerprint density at radius 2 is 2.28 bits per heavy atom. The molecule has 0 saturated heterocycles. The van der Waals surface area contributed by atoms with Gasteiger partial charge in [0.05, 0.1) is 0 Å². The second-order valence-corrected chi connectivity index (χ2v) is 4.28. The smallest absolute Gasteiger partial charge is 0.275 e. The molecule has 0 radical (unpaired) electrons. The largest absolute Gasteiger partial charge is 0.306 e. The Morgan fingerprint density at radius 1 is 1.50 bits per heavy atom. The fourth-order valence-electron chi connectivity index (χ4n) is 1.25. The van der Waals surface area contributed by atoms with Crippen molar-refractivity contribution in [3.05, 3.63) is 40.6 Å². The van der Waals surface area contributed by atoms with Gasteiger partial charge in [-0.05, 0) is 47.5 Å². The van der Waals surface area contributed by atoms with Crippen LogP contribution >= 0.6 is 15.9 Å².